The molecular weight excluding hydrogens is 249 g/mol. The van der Waals surface area contributed by atoms with Gasteiger partial charge >= 0.3 is 95.1 Å². The Kier molecular flexibility index (Phi) is 3.31. The third kappa shape index (κ3) is 2.77. The fourth-order valence-electron chi connectivity index (χ4n) is 1.29. The predicted molar refractivity (Wildman–Crippen MR) is 62.2 cm³/mol. The van der Waals surface area contributed by atoms with Gasteiger partial charge in [-0.05, 0) is 0 Å². The van der Waals surface area contributed by atoms with Gasteiger partial charge in [0.1, 0.15) is 0 Å². The van der Waals surface area contributed by atoms with Crippen molar-refractivity contribution in [2.75, 3.05) is 5.32 Å². The van der Waals surface area contributed by atoms with Gasteiger partial charge < -0.3 is 0 Å². The van der Waals surface area contributed by atoms with Gasteiger partial charge in [0.05, 0.1) is 0 Å². The van der Waals surface area contributed by atoms with Crippen molar-refractivity contribution in [2.24, 2.45) is 0 Å². The Morgan fingerprint density at radius 1 is 0.800 bits per heavy atom. The number of anilines is 2. The van der Waals surface area contributed by atoms with E-state index in [1.807, 2.05) is 54.6 Å². The molecule has 0 bridgehead atoms. The van der Waals surface area contributed by atoms with Crippen LogP contribution in [0.5, 0.6) is 0 Å². The van der Waals surface area contributed by atoms with E-state index in [-0.39, 0.29) is 0 Å². The Balaban J connectivity index is 2.15. The molecule has 0 saturated heterocycles. The van der Waals surface area contributed by atoms with Gasteiger partial charge in [0.15, 0.2) is 0 Å². The number of rotatable bonds is 3. The number of hydrogen-bond donors (Lipinski definition) is 1. The molecule has 0 aromatic heterocycles. The third-order valence-corrected chi connectivity index (χ3v) is 3.10. The molecule has 0 unspecified atom stereocenters. The second-order valence-corrected chi connectivity index (χ2v) is 4.60. The first-order chi connectivity index (χ1) is 7.38. The number of hydrogen-bond acceptors (Lipinski definition) is 2. The SMILES string of the molecule is O=[As]c1ccc(Nc2ccccc2)cc1. The van der Waals surface area contributed by atoms with Gasteiger partial charge in [-0.3, -0.25) is 0 Å². The number of benzene rings is 2. The quantitative estimate of drug-likeness (QED) is 0.855. The normalized spacial score (nSPS) is 10.1. The Morgan fingerprint density at radius 3 is 2.00 bits per heavy atom. The molecule has 0 aliphatic rings. The molecule has 3 heteroatoms. The summed E-state index contributed by atoms with van der Waals surface area (Å²) in [5.41, 5.74) is 2.07. The fourth-order valence-corrected chi connectivity index (χ4v) is 1.86. The van der Waals surface area contributed by atoms with Gasteiger partial charge in [0.25, 0.3) is 0 Å². The van der Waals surface area contributed by atoms with E-state index < -0.39 is 15.7 Å². The van der Waals surface area contributed by atoms with Crippen LogP contribution < -0.4 is 9.67 Å². The molecule has 1 N–H and O–H groups in total. The zero-order valence-corrected chi connectivity index (χ0v) is 9.93. The molecule has 2 nitrogen and oxygen atoms in total. The van der Waals surface area contributed by atoms with Gasteiger partial charge in [-0.2, -0.15) is 0 Å². The van der Waals surface area contributed by atoms with Crippen LogP contribution in [-0.4, -0.2) is 15.7 Å². The minimum absolute atomic E-state index is 0.907. The van der Waals surface area contributed by atoms with Crippen LogP contribution in [0.3, 0.4) is 0 Å². The molecular formula is C12H10AsNO. The summed E-state index contributed by atoms with van der Waals surface area (Å²) < 4.78 is 11.6. The van der Waals surface area contributed by atoms with Crippen molar-refractivity contribution in [2.45, 2.75) is 0 Å². The molecule has 0 amide bonds. The molecule has 15 heavy (non-hydrogen) atoms. The van der Waals surface area contributed by atoms with E-state index in [1.165, 1.54) is 0 Å². The van der Waals surface area contributed by atoms with Gasteiger partial charge in [-0.25, -0.2) is 0 Å². The van der Waals surface area contributed by atoms with Crippen LogP contribution in [-0.2, 0) is 3.74 Å². The van der Waals surface area contributed by atoms with E-state index in [0.717, 1.165) is 15.7 Å². The van der Waals surface area contributed by atoms with Crippen molar-refractivity contribution in [3.63, 3.8) is 0 Å². The molecule has 0 heterocycles. The van der Waals surface area contributed by atoms with Crippen LogP contribution in [0.2, 0.25) is 0 Å². The van der Waals surface area contributed by atoms with E-state index in [1.54, 1.807) is 0 Å². The second kappa shape index (κ2) is 4.90. The van der Waals surface area contributed by atoms with Crippen LogP contribution in [0, 0.1) is 0 Å². The maximum absolute atomic E-state index is 10.7. The molecule has 0 atom stereocenters. The third-order valence-electron chi connectivity index (χ3n) is 2.04. The van der Waals surface area contributed by atoms with E-state index in [2.05, 4.69) is 5.32 Å². The van der Waals surface area contributed by atoms with Crippen molar-refractivity contribution in [3.8, 4) is 0 Å². The molecule has 2 aromatic carbocycles. The maximum atomic E-state index is 10.7. The molecule has 0 saturated carbocycles. The molecule has 2 rings (SSSR count). The van der Waals surface area contributed by atoms with Crippen LogP contribution in [0.15, 0.2) is 54.6 Å². The topological polar surface area (TPSA) is 29.1 Å². The summed E-state index contributed by atoms with van der Waals surface area (Å²) in [5, 5.41) is 3.26. The summed E-state index contributed by atoms with van der Waals surface area (Å²) >= 11 is -0.912. The Bertz CT molecular complexity index is 439. The van der Waals surface area contributed by atoms with E-state index in [4.69, 9.17) is 0 Å². The summed E-state index contributed by atoms with van der Waals surface area (Å²) in [7, 11) is 0. The Hall–Kier alpha value is -1.40. The molecule has 0 aliphatic heterocycles. The summed E-state index contributed by atoms with van der Waals surface area (Å²) in [6, 6.07) is 17.6. The Morgan fingerprint density at radius 2 is 1.40 bits per heavy atom. The number of para-hydroxylation sites is 1. The second-order valence-electron chi connectivity index (χ2n) is 3.13. The molecule has 0 radical (unpaired) electrons. The first-order valence-electron chi connectivity index (χ1n) is 4.64. The predicted octanol–water partition coefficient (Wildman–Crippen LogP) is 2.11. The van der Waals surface area contributed by atoms with Gasteiger partial charge in [0, 0.05) is 0 Å². The molecule has 0 fully saturated rings. The molecule has 74 valence electrons. The van der Waals surface area contributed by atoms with Crippen LogP contribution >= 0.6 is 0 Å². The van der Waals surface area contributed by atoms with Crippen molar-refractivity contribution >= 4 is 31.4 Å². The summed E-state index contributed by atoms with van der Waals surface area (Å²) in [4.78, 5) is 0. The first kappa shape index (κ1) is 10.1. The van der Waals surface area contributed by atoms with Gasteiger partial charge in [-0.1, -0.05) is 0 Å². The molecule has 0 aliphatic carbocycles. The summed E-state index contributed by atoms with van der Waals surface area (Å²) in [5.74, 6) is 0. The summed E-state index contributed by atoms with van der Waals surface area (Å²) in [6.45, 7) is 0. The molecule has 0 spiro atoms. The van der Waals surface area contributed by atoms with E-state index >= 15 is 0 Å². The minimum atomic E-state index is -0.912. The van der Waals surface area contributed by atoms with Gasteiger partial charge in [0.2, 0.25) is 0 Å². The zero-order chi connectivity index (χ0) is 10.5. The zero-order valence-electron chi connectivity index (χ0n) is 8.05. The van der Waals surface area contributed by atoms with Crippen molar-refractivity contribution < 1.29 is 3.74 Å². The van der Waals surface area contributed by atoms with E-state index in [0.29, 0.717) is 0 Å². The first-order valence-corrected chi connectivity index (χ1v) is 6.34. The number of nitrogens with one attached hydrogen (secondary N) is 1. The van der Waals surface area contributed by atoms with Crippen molar-refractivity contribution in [1.82, 2.24) is 0 Å². The van der Waals surface area contributed by atoms with Gasteiger partial charge in [-0.15, -0.1) is 0 Å². The average Bonchev–Trinajstić information content (AvgIpc) is 2.31. The van der Waals surface area contributed by atoms with Crippen LogP contribution in [0.4, 0.5) is 11.4 Å². The average molecular weight is 259 g/mol. The van der Waals surface area contributed by atoms with Crippen molar-refractivity contribution in [3.05, 3.63) is 54.6 Å². The fraction of sp³-hybridized carbons (Fsp3) is 0. The summed E-state index contributed by atoms with van der Waals surface area (Å²) in [6.07, 6.45) is 0. The Labute approximate surface area is 95.2 Å². The standard InChI is InChI=1S/C12H10AsNO/c15-13-10-6-8-12(9-7-10)14-11-4-2-1-3-5-11/h1-9,14H. The van der Waals surface area contributed by atoms with E-state index in [9.17, 15) is 3.74 Å². The molecule has 2 aromatic rings. The van der Waals surface area contributed by atoms with Crippen LogP contribution in [0.1, 0.15) is 0 Å². The van der Waals surface area contributed by atoms with Crippen molar-refractivity contribution in [1.29, 1.82) is 0 Å². The monoisotopic (exact) mass is 259 g/mol. The van der Waals surface area contributed by atoms with Crippen LogP contribution in [0.25, 0.3) is 0 Å².